The Kier molecular flexibility index (Phi) is 7.33. The average molecular weight is 455 g/mol. The molecule has 0 saturated carbocycles. The second-order valence-corrected chi connectivity index (χ2v) is 9.11. The van der Waals surface area contributed by atoms with Crippen LogP contribution in [-0.4, -0.2) is 23.6 Å². The molecule has 0 heterocycles. The van der Waals surface area contributed by atoms with Crippen molar-refractivity contribution in [3.8, 4) is 5.75 Å². The Hall–Kier alpha value is -3.17. The minimum atomic E-state index is -0.804. The fourth-order valence-corrected chi connectivity index (χ4v) is 4.97. The molecule has 0 saturated heterocycles. The molecule has 0 aliphatic heterocycles. The first-order chi connectivity index (χ1) is 16.5. The normalized spacial score (nSPS) is 21.5. The molecule has 2 aromatic carbocycles. The maximum Gasteiger partial charge on any atom is 0.189 e. The Bertz CT molecular complexity index is 1180. The highest BCUT2D eigenvalue weighted by molar-refractivity contribution is 6.10. The summed E-state index contributed by atoms with van der Waals surface area (Å²) in [7, 11) is 0. The van der Waals surface area contributed by atoms with Crippen molar-refractivity contribution in [1.82, 2.24) is 0 Å². The van der Waals surface area contributed by atoms with E-state index in [4.69, 9.17) is 4.74 Å². The van der Waals surface area contributed by atoms with Crippen molar-refractivity contribution < 1.29 is 14.6 Å². The molecule has 0 aromatic heterocycles. The predicted molar refractivity (Wildman–Crippen MR) is 139 cm³/mol. The van der Waals surface area contributed by atoms with Crippen molar-refractivity contribution in [3.63, 3.8) is 0 Å². The van der Waals surface area contributed by atoms with E-state index in [1.54, 1.807) is 6.08 Å². The quantitative estimate of drug-likeness (QED) is 0.438. The summed E-state index contributed by atoms with van der Waals surface area (Å²) >= 11 is 0. The Morgan fingerprint density at radius 2 is 1.82 bits per heavy atom. The molecular formula is C31H34O3. The molecule has 34 heavy (non-hydrogen) atoms. The molecule has 0 fully saturated rings. The van der Waals surface area contributed by atoms with Gasteiger partial charge in [-0.15, -0.1) is 0 Å². The molecule has 0 bridgehead atoms. The molecule has 176 valence electrons. The van der Waals surface area contributed by atoms with E-state index in [-0.39, 0.29) is 5.78 Å². The zero-order chi connectivity index (χ0) is 24.1. The molecule has 3 nitrogen and oxygen atoms in total. The number of aliphatic hydroxyl groups excluding tert-OH is 1. The van der Waals surface area contributed by atoms with Crippen LogP contribution in [0.3, 0.4) is 0 Å². The van der Waals surface area contributed by atoms with Gasteiger partial charge in [0.1, 0.15) is 12.4 Å². The van der Waals surface area contributed by atoms with Crippen LogP contribution in [0.5, 0.6) is 5.75 Å². The maximum absolute atomic E-state index is 13.0. The van der Waals surface area contributed by atoms with Gasteiger partial charge >= 0.3 is 0 Å². The minimum Gasteiger partial charge on any atom is -0.489 e. The predicted octanol–water partition coefficient (Wildman–Crippen LogP) is 6.96. The van der Waals surface area contributed by atoms with Crippen molar-refractivity contribution >= 4 is 11.9 Å². The van der Waals surface area contributed by atoms with Gasteiger partial charge in [-0.05, 0) is 67.5 Å². The van der Waals surface area contributed by atoms with Crippen molar-refractivity contribution in [1.29, 1.82) is 0 Å². The second kappa shape index (κ2) is 10.4. The summed E-state index contributed by atoms with van der Waals surface area (Å²) in [6.07, 6.45) is 15.0. The maximum atomic E-state index is 13.0. The third-order valence-electron chi connectivity index (χ3n) is 7.13. The number of hydrogen-bond donors (Lipinski definition) is 1. The van der Waals surface area contributed by atoms with Gasteiger partial charge in [0.05, 0.1) is 17.1 Å². The third-order valence-corrected chi connectivity index (χ3v) is 7.13. The number of rotatable bonds is 8. The summed E-state index contributed by atoms with van der Waals surface area (Å²) in [6.45, 7) is 6.94. The molecule has 4 rings (SSSR count). The first-order valence-electron chi connectivity index (χ1n) is 12.3. The van der Waals surface area contributed by atoms with Crippen LogP contribution < -0.4 is 4.74 Å². The van der Waals surface area contributed by atoms with Gasteiger partial charge in [0.2, 0.25) is 0 Å². The van der Waals surface area contributed by atoms with Crippen LogP contribution in [0.15, 0.2) is 84.0 Å². The van der Waals surface area contributed by atoms with E-state index < -0.39 is 11.5 Å². The first kappa shape index (κ1) is 24.0. The van der Waals surface area contributed by atoms with E-state index in [1.165, 1.54) is 11.1 Å². The van der Waals surface area contributed by atoms with Crippen LogP contribution in [0.1, 0.15) is 73.5 Å². The summed E-state index contributed by atoms with van der Waals surface area (Å²) in [5.41, 5.74) is 5.35. The molecule has 2 unspecified atom stereocenters. The molecule has 2 aliphatic carbocycles. The standard InChI is InChI=1S/C31H34O3/c1-4-22(3)10-8-11-23(5-2)19-21-34-28-15-9-14-26-30(28)27(32)18-20-31(26)25-13-7-6-12-24(25)16-17-29(31)33/h6-7,9-10,12-20,29,33H,4-5,8,11,21H2,1-3H3. The van der Waals surface area contributed by atoms with E-state index in [0.29, 0.717) is 17.9 Å². The Balaban J connectivity index is 1.63. The number of benzene rings is 2. The number of fused-ring (bicyclic) bond motifs is 4. The topological polar surface area (TPSA) is 46.5 Å². The highest BCUT2D eigenvalue weighted by Gasteiger charge is 2.46. The van der Waals surface area contributed by atoms with Crippen LogP contribution in [-0.2, 0) is 5.41 Å². The molecule has 0 radical (unpaired) electrons. The van der Waals surface area contributed by atoms with E-state index in [2.05, 4.69) is 32.9 Å². The lowest BCUT2D eigenvalue weighted by Crippen LogP contribution is -2.43. The number of aliphatic hydroxyl groups is 1. The highest BCUT2D eigenvalue weighted by Crippen LogP contribution is 2.47. The molecule has 2 aliphatic rings. The van der Waals surface area contributed by atoms with Gasteiger partial charge in [-0.3, -0.25) is 4.79 Å². The zero-order valence-corrected chi connectivity index (χ0v) is 20.4. The summed E-state index contributed by atoms with van der Waals surface area (Å²) < 4.78 is 6.17. The van der Waals surface area contributed by atoms with Gasteiger partial charge in [-0.25, -0.2) is 0 Å². The van der Waals surface area contributed by atoms with Gasteiger partial charge in [0.25, 0.3) is 0 Å². The highest BCUT2D eigenvalue weighted by atomic mass is 16.5. The van der Waals surface area contributed by atoms with Gasteiger partial charge < -0.3 is 9.84 Å². The van der Waals surface area contributed by atoms with E-state index >= 15 is 0 Å². The number of carbonyl (C=O) groups excluding carboxylic acids is 1. The van der Waals surface area contributed by atoms with Crippen molar-refractivity contribution in [3.05, 3.63) is 106 Å². The Morgan fingerprint density at radius 1 is 1.03 bits per heavy atom. The summed E-state index contributed by atoms with van der Waals surface area (Å²) in [4.78, 5) is 13.0. The Morgan fingerprint density at radius 3 is 2.62 bits per heavy atom. The summed E-state index contributed by atoms with van der Waals surface area (Å²) in [5.74, 6) is 0.481. The SMILES string of the molecule is CCC(C)=CCCC(=CCOc1cccc2c1C(=O)C=CC21c2ccccc2C=CC1O)CC. The van der Waals surface area contributed by atoms with E-state index in [1.807, 2.05) is 60.7 Å². The molecule has 1 N–H and O–H groups in total. The third kappa shape index (κ3) is 4.45. The van der Waals surface area contributed by atoms with Crippen LogP contribution >= 0.6 is 0 Å². The second-order valence-electron chi connectivity index (χ2n) is 9.11. The molecule has 1 spiro atoms. The lowest BCUT2D eigenvalue weighted by atomic mass is 9.63. The van der Waals surface area contributed by atoms with Gasteiger partial charge in [-0.1, -0.05) is 85.7 Å². The fourth-order valence-electron chi connectivity index (χ4n) is 4.97. The van der Waals surface area contributed by atoms with Crippen LogP contribution in [0.2, 0.25) is 0 Å². The monoisotopic (exact) mass is 454 g/mol. The molecule has 2 atom stereocenters. The first-order valence-corrected chi connectivity index (χ1v) is 12.3. The number of carbonyl (C=O) groups is 1. The minimum absolute atomic E-state index is 0.0877. The number of hydrogen-bond acceptors (Lipinski definition) is 3. The number of ketones is 1. The van der Waals surface area contributed by atoms with Crippen LogP contribution in [0.25, 0.3) is 6.08 Å². The number of ether oxygens (including phenoxy) is 1. The van der Waals surface area contributed by atoms with Crippen molar-refractivity contribution in [2.45, 2.75) is 58.0 Å². The fraction of sp³-hybridized carbons (Fsp3) is 0.323. The van der Waals surface area contributed by atoms with E-state index in [0.717, 1.165) is 42.4 Å². The van der Waals surface area contributed by atoms with Crippen LogP contribution in [0.4, 0.5) is 0 Å². The smallest absolute Gasteiger partial charge is 0.189 e. The summed E-state index contributed by atoms with van der Waals surface area (Å²) in [5, 5.41) is 11.2. The van der Waals surface area contributed by atoms with Gasteiger partial charge in [0, 0.05) is 0 Å². The van der Waals surface area contributed by atoms with Crippen molar-refractivity contribution in [2.24, 2.45) is 0 Å². The summed E-state index contributed by atoms with van der Waals surface area (Å²) in [6, 6.07) is 13.8. The number of allylic oxidation sites excluding steroid dienone is 4. The zero-order valence-electron chi connectivity index (χ0n) is 20.4. The lowest BCUT2D eigenvalue weighted by Gasteiger charge is -2.41. The van der Waals surface area contributed by atoms with Gasteiger partial charge in [-0.2, -0.15) is 0 Å². The van der Waals surface area contributed by atoms with Crippen molar-refractivity contribution in [2.75, 3.05) is 6.61 Å². The lowest BCUT2D eigenvalue weighted by molar-refractivity contribution is 0.103. The Labute approximate surface area is 203 Å². The average Bonchev–Trinajstić information content (AvgIpc) is 2.86. The van der Waals surface area contributed by atoms with Gasteiger partial charge in [0.15, 0.2) is 5.78 Å². The molecule has 0 amide bonds. The molecule has 3 heteroatoms. The molecular weight excluding hydrogens is 420 g/mol. The van der Waals surface area contributed by atoms with Crippen LogP contribution in [0, 0.1) is 0 Å². The largest absolute Gasteiger partial charge is 0.489 e. The molecule has 2 aromatic rings. The van der Waals surface area contributed by atoms with E-state index in [9.17, 15) is 9.90 Å².